The number of benzene rings is 2. The highest BCUT2D eigenvalue weighted by Crippen LogP contribution is 2.26. The maximum absolute atomic E-state index is 13.6. The van der Waals surface area contributed by atoms with Crippen LogP contribution in [0.5, 0.6) is 5.75 Å². The van der Waals surface area contributed by atoms with E-state index in [0.29, 0.717) is 5.75 Å². The molecule has 0 spiro atoms. The van der Waals surface area contributed by atoms with E-state index in [1.165, 1.54) is 6.92 Å². The summed E-state index contributed by atoms with van der Waals surface area (Å²) in [7, 11) is -3.93. The Hall–Kier alpha value is -2.68. The van der Waals surface area contributed by atoms with Gasteiger partial charge in [-0.1, -0.05) is 32.0 Å². The fraction of sp³-hybridized carbons (Fsp3) is 0.381. The molecular formula is C21H26F2N2O4S. The number of halogens is 2. The first-order valence-electron chi connectivity index (χ1n) is 9.46. The van der Waals surface area contributed by atoms with Gasteiger partial charge in [-0.05, 0) is 36.6 Å². The minimum Gasteiger partial charge on any atom is -0.491 e. The van der Waals surface area contributed by atoms with E-state index in [2.05, 4.69) is 5.32 Å². The Morgan fingerprint density at radius 3 is 2.37 bits per heavy atom. The minimum atomic E-state index is -3.93. The normalized spacial score (nSPS) is 12.5. The topological polar surface area (TPSA) is 75.7 Å². The molecule has 0 unspecified atom stereocenters. The molecule has 0 aromatic heterocycles. The predicted molar refractivity (Wildman–Crippen MR) is 112 cm³/mol. The highest BCUT2D eigenvalue weighted by atomic mass is 32.2. The summed E-state index contributed by atoms with van der Waals surface area (Å²) in [5.74, 6) is -1.91. The number of nitrogens with one attached hydrogen (secondary N) is 1. The maximum atomic E-state index is 13.6. The monoisotopic (exact) mass is 440 g/mol. The third-order valence-electron chi connectivity index (χ3n) is 4.45. The molecule has 0 radical (unpaired) electrons. The average molecular weight is 441 g/mol. The predicted octanol–water partition coefficient (Wildman–Crippen LogP) is 3.44. The SMILES string of the molecule is CC(C)c1ccccc1OCCNC(=O)[C@@H](C)N(c1ccc(F)c(F)c1)S(C)(=O)=O. The summed E-state index contributed by atoms with van der Waals surface area (Å²) in [5.41, 5.74) is 0.903. The van der Waals surface area contributed by atoms with Gasteiger partial charge in [0.1, 0.15) is 18.4 Å². The van der Waals surface area contributed by atoms with Gasteiger partial charge in [0, 0.05) is 6.07 Å². The van der Waals surface area contributed by atoms with E-state index in [4.69, 9.17) is 4.74 Å². The molecule has 1 atom stereocenters. The van der Waals surface area contributed by atoms with E-state index >= 15 is 0 Å². The van der Waals surface area contributed by atoms with E-state index in [9.17, 15) is 22.0 Å². The lowest BCUT2D eigenvalue weighted by atomic mass is 10.0. The van der Waals surface area contributed by atoms with E-state index in [1.807, 2.05) is 38.1 Å². The molecule has 0 aliphatic rings. The molecule has 1 N–H and O–H groups in total. The van der Waals surface area contributed by atoms with E-state index in [0.717, 1.165) is 34.3 Å². The van der Waals surface area contributed by atoms with Crippen molar-refractivity contribution in [2.45, 2.75) is 32.7 Å². The van der Waals surface area contributed by atoms with Gasteiger partial charge in [-0.3, -0.25) is 9.10 Å². The molecule has 0 heterocycles. The van der Waals surface area contributed by atoms with Crippen LogP contribution in [0.2, 0.25) is 0 Å². The Labute approximate surface area is 175 Å². The molecule has 0 aliphatic heterocycles. The molecule has 1 amide bonds. The van der Waals surface area contributed by atoms with E-state index in [1.54, 1.807) is 0 Å². The van der Waals surface area contributed by atoms with Crippen LogP contribution in [0.15, 0.2) is 42.5 Å². The van der Waals surface area contributed by atoms with Crippen molar-refractivity contribution in [2.24, 2.45) is 0 Å². The lowest BCUT2D eigenvalue weighted by molar-refractivity contribution is -0.121. The average Bonchev–Trinajstić information content (AvgIpc) is 2.67. The van der Waals surface area contributed by atoms with Gasteiger partial charge in [0.2, 0.25) is 15.9 Å². The van der Waals surface area contributed by atoms with Crippen LogP contribution in [0.4, 0.5) is 14.5 Å². The number of para-hydroxylation sites is 1. The van der Waals surface area contributed by atoms with Crippen LogP contribution in [0.3, 0.4) is 0 Å². The van der Waals surface area contributed by atoms with E-state index < -0.39 is 33.6 Å². The highest BCUT2D eigenvalue weighted by Gasteiger charge is 2.29. The lowest BCUT2D eigenvalue weighted by Gasteiger charge is -2.28. The Morgan fingerprint density at radius 2 is 1.77 bits per heavy atom. The van der Waals surface area contributed by atoms with Gasteiger partial charge in [0.25, 0.3) is 0 Å². The Bertz CT molecular complexity index is 996. The number of ether oxygens (including phenoxy) is 1. The van der Waals surface area contributed by atoms with Crippen LogP contribution in [-0.2, 0) is 14.8 Å². The van der Waals surface area contributed by atoms with Crippen molar-refractivity contribution >= 4 is 21.6 Å². The lowest BCUT2D eigenvalue weighted by Crippen LogP contribution is -2.48. The highest BCUT2D eigenvalue weighted by molar-refractivity contribution is 7.92. The number of carbonyl (C=O) groups is 1. The van der Waals surface area contributed by atoms with Crippen LogP contribution < -0.4 is 14.4 Å². The van der Waals surface area contributed by atoms with Gasteiger partial charge >= 0.3 is 0 Å². The molecule has 30 heavy (non-hydrogen) atoms. The van der Waals surface area contributed by atoms with Crippen molar-refractivity contribution < 1.29 is 26.7 Å². The van der Waals surface area contributed by atoms with Gasteiger partial charge in [-0.2, -0.15) is 0 Å². The van der Waals surface area contributed by atoms with Crippen LogP contribution in [0.1, 0.15) is 32.3 Å². The van der Waals surface area contributed by atoms with Crippen molar-refractivity contribution in [1.82, 2.24) is 5.32 Å². The number of hydrogen-bond donors (Lipinski definition) is 1. The largest absolute Gasteiger partial charge is 0.491 e. The first-order chi connectivity index (χ1) is 14.0. The Balaban J connectivity index is 2.03. The zero-order valence-electron chi connectivity index (χ0n) is 17.4. The second kappa shape index (κ2) is 9.88. The first kappa shape index (κ1) is 23.6. The number of hydrogen-bond acceptors (Lipinski definition) is 4. The number of anilines is 1. The second-order valence-electron chi connectivity index (χ2n) is 7.17. The molecule has 0 fully saturated rings. The second-order valence-corrected chi connectivity index (χ2v) is 9.02. The molecule has 9 heteroatoms. The fourth-order valence-electron chi connectivity index (χ4n) is 3.00. The van der Waals surface area contributed by atoms with Crippen LogP contribution >= 0.6 is 0 Å². The smallest absolute Gasteiger partial charge is 0.243 e. The molecule has 6 nitrogen and oxygen atoms in total. The molecule has 0 aliphatic carbocycles. The Morgan fingerprint density at radius 1 is 1.10 bits per heavy atom. The minimum absolute atomic E-state index is 0.138. The molecular weight excluding hydrogens is 414 g/mol. The van der Waals surface area contributed by atoms with Crippen molar-refractivity contribution in [3.05, 3.63) is 59.7 Å². The standard InChI is InChI=1S/C21H26F2N2O4S/c1-14(2)17-7-5-6-8-20(17)29-12-11-24-21(26)15(3)25(30(4,27)28)16-9-10-18(22)19(23)13-16/h5-10,13-15H,11-12H2,1-4H3,(H,24,26)/t15-/m1/s1. The molecule has 0 saturated carbocycles. The van der Waals surface area contributed by atoms with Crippen molar-refractivity contribution in [1.29, 1.82) is 0 Å². The summed E-state index contributed by atoms with van der Waals surface area (Å²) in [4.78, 5) is 12.5. The summed E-state index contributed by atoms with van der Waals surface area (Å²) >= 11 is 0. The molecule has 2 rings (SSSR count). The van der Waals surface area contributed by atoms with Gasteiger partial charge in [-0.15, -0.1) is 0 Å². The van der Waals surface area contributed by atoms with Gasteiger partial charge < -0.3 is 10.1 Å². The summed E-state index contributed by atoms with van der Waals surface area (Å²) in [6, 6.07) is 9.07. The van der Waals surface area contributed by atoms with Gasteiger partial charge in [0.15, 0.2) is 11.6 Å². The molecule has 0 saturated heterocycles. The third kappa shape index (κ3) is 5.91. The van der Waals surface area contributed by atoms with Crippen molar-refractivity contribution in [3.63, 3.8) is 0 Å². The summed E-state index contributed by atoms with van der Waals surface area (Å²) in [5, 5.41) is 2.61. The number of amides is 1. The van der Waals surface area contributed by atoms with Crippen LogP contribution in [-0.4, -0.2) is 39.8 Å². The van der Waals surface area contributed by atoms with Crippen molar-refractivity contribution in [2.75, 3.05) is 23.7 Å². The van der Waals surface area contributed by atoms with Crippen molar-refractivity contribution in [3.8, 4) is 5.75 Å². The van der Waals surface area contributed by atoms with E-state index in [-0.39, 0.29) is 24.8 Å². The summed E-state index contributed by atoms with van der Waals surface area (Å²) in [6.07, 6.45) is 0.893. The molecule has 2 aromatic rings. The van der Waals surface area contributed by atoms with Crippen LogP contribution in [0, 0.1) is 11.6 Å². The molecule has 164 valence electrons. The van der Waals surface area contributed by atoms with Crippen LogP contribution in [0.25, 0.3) is 0 Å². The number of nitrogens with zero attached hydrogens (tertiary/aromatic N) is 1. The van der Waals surface area contributed by atoms with Gasteiger partial charge in [-0.25, -0.2) is 17.2 Å². The summed E-state index contributed by atoms with van der Waals surface area (Å²) in [6.45, 7) is 5.79. The number of carbonyl (C=O) groups excluding carboxylic acids is 1. The number of rotatable bonds is 9. The molecule has 0 bridgehead atoms. The molecule has 2 aromatic carbocycles. The summed E-state index contributed by atoms with van der Waals surface area (Å²) < 4.78 is 57.7. The quantitative estimate of drug-likeness (QED) is 0.606. The first-order valence-corrected chi connectivity index (χ1v) is 11.3. The fourth-order valence-corrected chi connectivity index (χ4v) is 4.17. The maximum Gasteiger partial charge on any atom is 0.243 e. The zero-order valence-corrected chi connectivity index (χ0v) is 18.2. The Kier molecular flexibility index (Phi) is 7.77. The zero-order chi connectivity index (χ0) is 22.5. The van der Waals surface area contributed by atoms with Gasteiger partial charge in [0.05, 0.1) is 18.5 Å². The third-order valence-corrected chi connectivity index (χ3v) is 5.69. The number of sulfonamides is 1.